The number of likely N-dealkylation sites (N-methyl/N-ethyl adjacent to an activating group) is 2. The Labute approximate surface area is 121 Å². The van der Waals surface area contributed by atoms with Crippen LogP contribution in [0.3, 0.4) is 0 Å². The molecule has 0 radical (unpaired) electrons. The van der Waals surface area contributed by atoms with Gasteiger partial charge in [-0.1, -0.05) is 19.1 Å². The molecular weight excluding hydrogens is 258 g/mol. The number of carbonyl (C=O) groups is 1. The number of amides is 1. The first-order valence-corrected chi connectivity index (χ1v) is 7.53. The minimum atomic E-state index is -0.556. The van der Waals surface area contributed by atoms with Gasteiger partial charge in [0.05, 0.1) is 10.4 Å². The van der Waals surface area contributed by atoms with Crippen LogP contribution in [0.5, 0.6) is 0 Å². The molecule has 2 fully saturated rings. The van der Waals surface area contributed by atoms with Crippen molar-refractivity contribution in [2.45, 2.75) is 38.6 Å². The molecule has 0 spiro atoms. The molecule has 2 N–H and O–H groups in total. The largest absolute Gasteiger partial charge is 0.392 e. The number of likely N-dealkylation sites (tertiary alicyclic amines) is 1. The predicted molar refractivity (Wildman–Crippen MR) is 80.9 cm³/mol. The molecule has 0 bridgehead atoms. The highest BCUT2D eigenvalue weighted by atomic mass is 32.1. The molecule has 1 saturated carbocycles. The van der Waals surface area contributed by atoms with E-state index >= 15 is 0 Å². The van der Waals surface area contributed by atoms with Crippen LogP contribution in [0.1, 0.15) is 32.6 Å². The predicted octanol–water partition coefficient (Wildman–Crippen LogP) is 1.24. The summed E-state index contributed by atoms with van der Waals surface area (Å²) in [5.74, 6) is 0.686. The molecule has 2 rings (SSSR count). The third kappa shape index (κ3) is 2.63. The van der Waals surface area contributed by atoms with E-state index in [1.807, 2.05) is 11.9 Å². The zero-order valence-corrected chi connectivity index (χ0v) is 13.0. The van der Waals surface area contributed by atoms with Crippen LogP contribution in [0.2, 0.25) is 0 Å². The Morgan fingerprint density at radius 1 is 1.47 bits per heavy atom. The van der Waals surface area contributed by atoms with E-state index in [1.54, 1.807) is 0 Å². The number of hydrogen-bond acceptors (Lipinski definition) is 3. The monoisotopic (exact) mass is 283 g/mol. The zero-order chi connectivity index (χ0) is 14.2. The van der Waals surface area contributed by atoms with Crippen molar-refractivity contribution in [1.82, 2.24) is 9.80 Å². The van der Waals surface area contributed by atoms with Crippen molar-refractivity contribution < 1.29 is 4.79 Å². The van der Waals surface area contributed by atoms with Crippen LogP contribution < -0.4 is 5.73 Å². The minimum absolute atomic E-state index is 0.137. The van der Waals surface area contributed by atoms with Gasteiger partial charge in [0.2, 0.25) is 5.91 Å². The summed E-state index contributed by atoms with van der Waals surface area (Å²) in [4.78, 5) is 17.4. The van der Waals surface area contributed by atoms with Crippen molar-refractivity contribution >= 4 is 23.1 Å². The van der Waals surface area contributed by atoms with E-state index in [0.29, 0.717) is 16.9 Å². The summed E-state index contributed by atoms with van der Waals surface area (Å²) in [6.07, 6.45) is 3.85. The molecule has 1 heterocycles. The zero-order valence-electron chi connectivity index (χ0n) is 12.2. The van der Waals surface area contributed by atoms with E-state index in [2.05, 4.69) is 18.9 Å². The number of nitrogens with two attached hydrogens (primary N) is 1. The summed E-state index contributed by atoms with van der Waals surface area (Å²) in [6.45, 7) is 4.22. The summed E-state index contributed by atoms with van der Waals surface area (Å²) in [5, 5.41) is 0. The Hall–Kier alpha value is -0.680. The molecule has 1 aliphatic heterocycles. The standard InChI is InChI=1S/C14H25N3OS/c1-10-7-14(8-10,12(15)19)13(18)17(3)11-5-4-6-16(2)9-11/h10-11H,4-9H2,1-3H3,(H2,15,19). The first-order chi connectivity index (χ1) is 8.86. The molecule has 19 heavy (non-hydrogen) atoms. The minimum Gasteiger partial charge on any atom is -0.392 e. The average Bonchev–Trinajstić information content (AvgIpc) is 2.32. The van der Waals surface area contributed by atoms with Crippen molar-refractivity contribution in [2.75, 3.05) is 27.2 Å². The number of hydrogen-bond donors (Lipinski definition) is 1. The Bertz CT molecular complexity index is 379. The third-order valence-electron chi connectivity index (χ3n) is 4.74. The topological polar surface area (TPSA) is 49.6 Å². The third-order valence-corrected chi connectivity index (χ3v) is 5.13. The lowest BCUT2D eigenvalue weighted by Crippen LogP contribution is -2.59. The van der Waals surface area contributed by atoms with Gasteiger partial charge in [-0.25, -0.2) is 0 Å². The maximum absolute atomic E-state index is 12.8. The van der Waals surface area contributed by atoms with Gasteiger partial charge in [0.1, 0.15) is 0 Å². The van der Waals surface area contributed by atoms with Crippen molar-refractivity contribution in [3.8, 4) is 0 Å². The van der Waals surface area contributed by atoms with Crippen LogP contribution in [0.4, 0.5) is 0 Å². The maximum atomic E-state index is 12.8. The second-order valence-electron chi connectivity index (χ2n) is 6.43. The van der Waals surface area contributed by atoms with E-state index in [4.69, 9.17) is 18.0 Å². The molecule has 1 aliphatic carbocycles. The number of piperidine rings is 1. The summed E-state index contributed by atoms with van der Waals surface area (Å²) >= 11 is 5.17. The summed E-state index contributed by atoms with van der Waals surface area (Å²) in [6, 6.07) is 0.299. The summed E-state index contributed by atoms with van der Waals surface area (Å²) in [7, 11) is 4.02. The van der Waals surface area contributed by atoms with Crippen LogP contribution in [0.25, 0.3) is 0 Å². The van der Waals surface area contributed by atoms with E-state index in [0.717, 1.165) is 38.8 Å². The van der Waals surface area contributed by atoms with Crippen molar-refractivity contribution in [2.24, 2.45) is 17.1 Å². The van der Waals surface area contributed by atoms with Gasteiger partial charge < -0.3 is 15.5 Å². The fraction of sp³-hybridized carbons (Fsp3) is 0.857. The first kappa shape index (κ1) is 14.7. The fourth-order valence-corrected chi connectivity index (χ4v) is 3.82. The van der Waals surface area contributed by atoms with Gasteiger partial charge in [0, 0.05) is 19.6 Å². The normalized spacial score (nSPS) is 35.5. The molecule has 1 unspecified atom stereocenters. The molecule has 0 aromatic heterocycles. The molecular formula is C14H25N3OS. The fourth-order valence-electron chi connectivity index (χ4n) is 3.57. The average molecular weight is 283 g/mol. The van der Waals surface area contributed by atoms with Crippen LogP contribution in [-0.2, 0) is 4.79 Å². The van der Waals surface area contributed by atoms with Crippen molar-refractivity contribution in [3.63, 3.8) is 0 Å². The Kier molecular flexibility index (Phi) is 4.16. The Morgan fingerprint density at radius 3 is 2.58 bits per heavy atom. The lowest BCUT2D eigenvalue weighted by molar-refractivity contribution is -0.145. The van der Waals surface area contributed by atoms with E-state index in [-0.39, 0.29) is 5.91 Å². The molecule has 1 atom stereocenters. The lowest BCUT2D eigenvalue weighted by Gasteiger charge is -2.48. The van der Waals surface area contributed by atoms with Gasteiger partial charge in [0.25, 0.3) is 0 Å². The molecule has 0 aromatic carbocycles. The number of carbonyl (C=O) groups excluding carboxylic acids is 1. The van der Waals surface area contributed by atoms with Gasteiger partial charge in [0.15, 0.2) is 0 Å². The van der Waals surface area contributed by atoms with Gasteiger partial charge in [-0.05, 0) is 45.2 Å². The summed E-state index contributed by atoms with van der Waals surface area (Å²) in [5.41, 5.74) is 5.31. The molecule has 4 nitrogen and oxygen atoms in total. The highest BCUT2D eigenvalue weighted by Gasteiger charge is 2.52. The van der Waals surface area contributed by atoms with Gasteiger partial charge in [-0.2, -0.15) is 0 Å². The second-order valence-corrected chi connectivity index (χ2v) is 6.87. The number of thiocarbonyl (C=S) groups is 1. The van der Waals surface area contributed by atoms with Crippen molar-refractivity contribution in [1.29, 1.82) is 0 Å². The number of rotatable bonds is 3. The molecule has 2 aliphatic rings. The molecule has 1 saturated heterocycles. The first-order valence-electron chi connectivity index (χ1n) is 7.12. The molecule has 108 valence electrons. The highest BCUT2D eigenvalue weighted by molar-refractivity contribution is 7.80. The van der Waals surface area contributed by atoms with Crippen LogP contribution >= 0.6 is 12.2 Å². The SMILES string of the molecule is CC1CC(C(=O)N(C)C2CCCN(C)C2)(C(N)=S)C1. The van der Waals surface area contributed by atoms with Gasteiger partial charge >= 0.3 is 0 Å². The lowest BCUT2D eigenvalue weighted by atomic mass is 9.61. The van der Waals surface area contributed by atoms with E-state index in [9.17, 15) is 4.79 Å². The van der Waals surface area contributed by atoms with Crippen LogP contribution in [-0.4, -0.2) is 53.9 Å². The van der Waals surface area contributed by atoms with Crippen molar-refractivity contribution in [3.05, 3.63) is 0 Å². The number of nitrogens with zero attached hydrogens (tertiary/aromatic N) is 2. The van der Waals surface area contributed by atoms with E-state index in [1.165, 1.54) is 0 Å². The Balaban J connectivity index is 2.07. The highest BCUT2D eigenvalue weighted by Crippen LogP contribution is 2.47. The van der Waals surface area contributed by atoms with Gasteiger partial charge in [-0.3, -0.25) is 4.79 Å². The smallest absolute Gasteiger partial charge is 0.235 e. The molecule has 5 heteroatoms. The van der Waals surface area contributed by atoms with Gasteiger partial charge in [-0.15, -0.1) is 0 Å². The Morgan fingerprint density at radius 2 is 2.11 bits per heavy atom. The second kappa shape index (κ2) is 5.37. The molecule has 0 aromatic rings. The summed E-state index contributed by atoms with van der Waals surface area (Å²) < 4.78 is 0. The molecule has 1 amide bonds. The van der Waals surface area contributed by atoms with E-state index < -0.39 is 5.41 Å². The quantitative estimate of drug-likeness (QED) is 0.792. The van der Waals surface area contributed by atoms with Crippen LogP contribution in [0, 0.1) is 11.3 Å². The maximum Gasteiger partial charge on any atom is 0.235 e. The van der Waals surface area contributed by atoms with Crippen LogP contribution in [0.15, 0.2) is 0 Å².